The van der Waals surface area contributed by atoms with Gasteiger partial charge in [0.1, 0.15) is 0 Å². The molecule has 0 aromatic heterocycles. The van der Waals surface area contributed by atoms with Crippen LogP contribution in [0.15, 0.2) is 24.3 Å². The highest BCUT2D eigenvalue weighted by atomic mass is 32.2. The summed E-state index contributed by atoms with van der Waals surface area (Å²) in [6, 6.07) is 6.25. The predicted molar refractivity (Wildman–Crippen MR) is 97.1 cm³/mol. The molecule has 0 atom stereocenters. The lowest BCUT2D eigenvalue weighted by atomic mass is 10.1. The number of rotatable bonds is 9. The number of methoxy groups -OCH3 is 1. The van der Waals surface area contributed by atoms with Crippen molar-refractivity contribution in [3.63, 3.8) is 0 Å². The van der Waals surface area contributed by atoms with Gasteiger partial charge in [0.05, 0.1) is 24.6 Å². The SMILES string of the molecule is COC(=O)c1ccccc1N(CCC(=O)NCCC(C)C)S(C)(=O)=O. The Bertz CT molecular complexity index is 701. The largest absolute Gasteiger partial charge is 0.465 e. The number of ether oxygens (including phenoxy) is 1. The van der Waals surface area contributed by atoms with Crippen molar-refractivity contribution in [2.45, 2.75) is 26.7 Å². The third-order valence-electron chi connectivity index (χ3n) is 3.56. The van der Waals surface area contributed by atoms with Gasteiger partial charge in [-0.1, -0.05) is 26.0 Å². The van der Waals surface area contributed by atoms with Gasteiger partial charge in [0.2, 0.25) is 15.9 Å². The number of nitrogens with zero attached hydrogens (tertiary/aromatic N) is 1. The summed E-state index contributed by atoms with van der Waals surface area (Å²) in [6.07, 6.45) is 1.89. The Morgan fingerprint density at radius 2 is 1.88 bits per heavy atom. The first kappa shape index (κ1) is 21.0. The number of benzene rings is 1. The van der Waals surface area contributed by atoms with Gasteiger partial charge in [0.15, 0.2) is 0 Å². The van der Waals surface area contributed by atoms with E-state index in [4.69, 9.17) is 4.74 Å². The molecule has 8 heteroatoms. The molecule has 140 valence electrons. The van der Waals surface area contributed by atoms with Crippen molar-refractivity contribution in [2.24, 2.45) is 5.92 Å². The van der Waals surface area contributed by atoms with E-state index in [2.05, 4.69) is 19.2 Å². The van der Waals surface area contributed by atoms with Crippen LogP contribution in [0.3, 0.4) is 0 Å². The summed E-state index contributed by atoms with van der Waals surface area (Å²) < 4.78 is 30.1. The van der Waals surface area contributed by atoms with E-state index in [0.29, 0.717) is 12.5 Å². The highest BCUT2D eigenvalue weighted by Crippen LogP contribution is 2.23. The Morgan fingerprint density at radius 1 is 1.24 bits per heavy atom. The lowest BCUT2D eigenvalue weighted by molar-refractivity contribution is -0.120. The molecule has 0 radical (unpaired) electrons. The van der Waals surface area contributed by atoms with Gasteiger partial charge in [-0.25, -0.2) is 13.2 Å². The second-order valence-electron chi connectivity index (χ2n) is 6.13. The summed E-state index contributed by atoms with van der Waals surface area (Å²) in [5.74, 6) is -0.393. The molecular weight excluding hydrogens is 344 g/mol. The molecule has 0 fully saturated rings. The number of hydrogen-bond donors (Lipinski definition) is 1. The average molecular weight is 370 g/mol. The van der Waals surface area contributed by atoms with Crippen LogP contribution in [0.2, 0.25) is 0 Å². The number of esters is 1. The molecule has 0 aliphatic carbocycles. The molecule has 0 unspecified atom stereocenters. The molecule has 0 aliphatic heterocycles. The van der Waals surface area contributed by atoms with Crippen LogP contribution in [0.4, 0.5) is 5.69 Å². The van der Waals surface area contributed by atoms with E-state index in [1.165, 1.54) is 19.2 Å². The molecule has 1 amide bonds. The van der Waals surface area contributed by atoms with Gasteiger partial charge in [0.25, 0.3) is 0 Å². The fourth-order valence-corrected chi connectivity index (χ4v) is 3.17. The molecule has 0 bridgehead atoms. The summed E-state index contributed by atoms with van der Waals surface area (Å²) >= 11 is 0. The number of para-hydroxylation sites is 1. The van der Waals surface area contributed by atoms with E-state index >= 15 is 0 Å². The summed E-state index contributed by atoms with van der Waals surface area (Å²) in [7, 11) is -2.44. The van der Waals surface area contributed by atoms with Gasteiger partial charge in [0, 0.05) is 19.5 Å². The van der Waals surface area contributed by atoms with Crippen LogP contribution in [-0.2, 0) is 19.6 Å². The van der Waals surface area contributed by atoms with Crippen molar-refractivity contribution in [3.8, 4) is 0 Å². The van der Waals surface area contributed by atoms with Crippen LogP contribution in [-0.4, -0.2) is 46.7 Å². The Morgan fingerprint density at radius 3 is 2.44 bits per heavy atom. The molecule has 0 aliphatic rings. The van der Waals surface area contributed by atoms with Crippen molar-refractivity contribution in [1.29, 1.82) is 0 Å². The maximum absolute atomic E-state index is 12.2. The molecule has 0 spiro atoms. The number of carbonyl (C=O) groups excluding carboxylic acids is 2. The number of carbonyl (C=O) groups is 2. The topological polar surface area (TPSA) is 92.8 Å². The minimum atomic E-state index is -3.67. The lowest BCUT2D eigenvalue weighted by Gasteiger charge is -2.24. The maximum Gasteiger partial charge on any atom is 0.340 e. The van der Waals surface area contributed by atoms with E-state index < -0.39 is 16.0 Å². The van der Waals surface area contributed by atoms with Gasteiger partial charge in [-0.3, -0.25) is 9.10 Å². The second kappa shape index (κ2) is 9.41. The molecule has 7 nitrogen and oxygen atoms in total. The van der Waals surface area contributed by atoms with Crippen LogP contribution >= 0.6 is 0 Å². The Balaban J connectivity index is 2.91. The zero-order chi connectivity index (χ0) is 19.0. The van der Waals surface area contributed by atoms with Crippen molar-refractivity contribution in [2.75, 3.05) is 30.8 Å². The van der Waals surface area contributed by atoms with Crippen molar-refractivity contribution >= 4 is 27.6 Å². The van der Waals surface area contributed by atoms with E-state index in [0.717, 1.165) is 17.0 Å². The zero-order valence-corrected chi connectivity index (χ0v) is 15.9. The highest BCUT2D eigenvalue weighted by molar-refractivity contribution is 7.92. The molecule has 25 heavy (non-hydrogen) atoms. The molecule has 0 saturated heterocycles. The van der Waals surface area contributed by atoms with Gasteiger partial charge in [-0.2, -0.15) is 0 Å². The van der Waals surface area contributed by atoms with Crippen LogP contribution in [0.1, 0.15) is 37.0 Å². The van der Waals surface area contributed by atoms with Crippen molar-refractivity contribution in [3.05, 3.63) is 29.8 Å². The molecular formula is C17H26N2O5S. The molecule has 0 heterocycles. The number of sulfonamides is 1. The number of anilines is 1. The smallest absolute Gasteiger partial charge is 0.340 e. The minimum Gasteiger partial charge on any atom is -0.465 e. The molecule has 1 aromatic carbocycles. The first-order valence-corrected chi connectivity index (χ1v) is 9.93. The van der Waals surface area contributed by atoms with E-state index in [9.17, 15) is 18.0 Å². The summed E-state index contributed by atoms with van der Waals surface area (Å²) in [6.45, 7) is 4.61. The average Bonchev–Trinajstić information content (AvgIpc) is 2.53. The summed E-state index contributed by atoms with van der Waals surface area (Å²) in [5.41, 5.74) is 0.336. The van der Waals surface area contributed by atoms with E-state index in [1.54, 1.807) is 12.1 Å². The number of amides is 1. The summed E-state index contributed by atoms with van der Waals surface area (Å²) in [5, 5.41) is 2.77. The summed E-state index contributed by atoms with van der Waals surface area (Å²) in [4.78, 5) is 23.8. The maximum atomic E-state index is 12.2. The number of nitrogens with one attached hydrogen (secondary N) is 1. The zero-order valence-electron chi connectivity index (χ0n) is 15.1. The fourth-order valence-electron chi connectivity index (χ4n) is 2.23. The molecule has 1 N–H and O–H groups in total. The molecule has 0 saturated carbocycles. The highest BCUT2D eigenvalue weighted by Gasteiger charge is 2.24. The normalized spacial score (nSPS) is 11.2. The molecule has 1 rings (SSSR count). The standard InChI is InChI=1S/C17H26N2O5S/c1-13(2)9-11-18-16(20)10-12-19(25(4,22)23)15-8-6-5-7-14(15)17(21)24-3/h5-8,13H,9-12H2,1-4H3,(H,18,20). The van der Waals surface area contributed by atoms with Crippen LogP contribution in [0, 0.1) is 5.92 Å². The van der Waals surface area contributed by atoms with Crippen LogP contribution < -0.4 is 9.62 Å². The van der Waals surface area contributed by atoms with Gasteiger partial charge in [-0.05, 0) is 24.5 Å². The van der Waals surface area contributed by atoms with E-state index in [1.807, 2.05) is 0 Å². The monoisotopic (exact) mass is 370 g/mol. The Hall–Kier alpha value is -2.09. The quantitative estimate of drug-likeness (QED) is 0.669. The third-order valence-corrected chi connectivity index (χ3v) is 4.74. The third kappa shape index (κ3) is 6.74. The van der Waals surface area contributed by atoms with Gasteiger partial charge < -0.3 is 10.1 Å². The minimum absolute atomic E-state index is 0.000667. The predicted octanol–water partition coefficient (Wildman–Crippen LogP) is 1.79. The number of hydrogen-bond acceptors (Lipinski definition) is 5. The second-order valence-corrected chi connectivity index (χ2v) is 8.03. The Kier molecular flexibility index (Phi) is 7.89. The van der Waals surface area contributed by atoms with Crippen molar-refractivity contribution < 1.29 is 22.7 Å². The first-order valence-electron chi connectivity index (χ1n) is 8.08. The lowest BCUT2D eigenvalue weighted by Crippen LogP contribution is -2.36. The Labute approximate surface area is 149 Å². The van der Waals surface area contributed by atoms with Crippen molar-refractivity contribution in [1.82, 2.24) is 5.32 Å². The van der Waals surface area contributed by atoms with Crippen LogP contribution in [0.25, 0.3) is 0 Å². The van der Waals surface area contributed by atoms with Gasteiger partial charge in [-0.15, -0.1) is 0 Å². The van der Waals surface area contributed by atoms with Crippen LogP contribution in [0.5, 0.6) is 0 Å². The van der Waals surface area contributed by atoms with Gasteiger partial charge >= 0.3 is 5.97 Å². The van der Waals surface area contributed by atoms with E-state index in [-0.39, 0.29) is 30.1 Å². The molecule has 1 aromatic rings. The fraction of sp³-hybridized carbons (Fsp3) is 0.529. The first-order chi connectivity index (χ1) is 11.7.